The van der Waals surface area contributed by atoms with Gasteiger partial charge in [0, 0.05) is 30.9 Å². The molecule has 8 nitrogen and oxygen atoms in total. The van der Waals surface area contributed by atoms with E-state index in [4.69, 9.17) is 14.5 Å². The molecule has 1 aromatic heterocycles. The highest BCUT2D eigenvalue weighted by molar-refractivity contribution is 6.00. The van der Waals surface area contributed by atoms with Gasteiger partial charge in [0.1, 0.15) is 7.11 Å². The monoisotopic (exact) mass is 434 g/mol. The maximum atomic E-state index is 13.3. The molecule has 166 valence electrons. The molecule has 8 heteroatoms. The quantitative estimate of drug-likeness (QED) is 0.547. The molecule has 3 aromatic rings. The van der Waals surface area contributed by atoms with E-state index in [1.807, 2.05) is 59.5 Å². The third-order valence-corrected chi connectivity index (χ3v) is 5.52. The van der Waals surface area contributed by atoms with E-state index in [-0.39, 0.29) is 18.6 Å². The van der Waals surface area contributed by atoms with E-state index in [9.17, 15) is 4.79 Å². The third kappa shape index (κ3) is 5.03. The van der Waals surface area contributed by atoms with Crippen molar-refractivity contribution in [2.75, 3.05) is 20.3 Å². The van der Waals surface area contributed by atoms with Crippen molar-refractivity contribution < 1.29 is 19.3 Å². The number of aliphatic hydroxyl groups excluding tert-OH is 1. The van der Waals surface area contributed by atoms with Gasteiger partial charge in [-0.25, -0.2) is 0 Å². The Bertz CT molecular complexity index is 1060. The first-order valence-electron chi connectivity index (χ1n) is 10.7. The predicted molar refractivity (Wildman–Crippen MR) is 119 cm³/mol. The molecule has 1 unspecified atom stereocenters. The van der Waals surface area contributed by atoms with E-state index in [0.717, 1.165) is 16.8 Å². The second-order valence-corrected chi connectivity index (χ2v) is 7.69. The SMILES string of the molecule is CO/N=C1\CC(CCc2nc(CCO)no2)N(C(=O)c2ccc(-c3ccccc3)cc2)C1. The van der Waals surface area contributed by atoms with Gasteiger partial charge < -0.3 is 19.4 Å². The molecule has 1 N–H and O–H groups in total. The molecule has 1 amide bonds. The molecule has 1 saturated heterocycles. The van der Waals surface area contributed by atoms with Gasteiger partial charge in [0.25, 0.3) is 5.91 Å². The first-order valence-corrected chi connectivity index (χ1v) is 10.7. The van der Waals surface area contributed by atoms with Crippen molar-refractivity contribution in [3.8, 4) is 11.1 Å². The number of oxime groups is 1. The average Bonchev–Trinajstić information content (AvgIpc) is 3.45. The minimum atomic E-state index is -0.0432. The molecule has 2 aromatic carbocycles. The van der Waals surface area contributed by atoms with Crippen molar-refractivity contribution in [3.63, 3.8) is 0 Å². The molecule has 0 radical (unpaired) electrons. The van der Waals surface area contributed by atoms with Crippen molar-refractivity contribution in [2.24, 2.45) is 5.16 Å². The lowest BCUT2D eigenvalue weighted by atomic mass is 10.0. The maximum Gasteiger partial charge on any atom is 0.254 e. The first-order chi connectivity index (χ1) is 15.7. The zero-order chi connectivity index (χ0) is 22.3. The summed E-state index contributed by atoms with van der Waals surface area (Å²) in [6.07, 6.45) is 2.21. The van der Waals surface area contributed by atoms with Crippen molar-refractivity contribution in [1.29, 1.82) is 0 Å². The lowest BCUT2D eigenvalue weighted by molar-refractivity contribution is 0.0732. The smallest absolute Gasteiger partial charge is 0.254 e. The summed E-state index contributed by atoms with van der Waals surface area (Å²) >= 11 is 0. The molecule has 0 spiro atoms. The first kappa shape index (κ1) is 21.7. The van der Waals surface area contributed by atoms with Gasteiger partial charge in [-0.1, -0.05) is 52.8 Å². The molecule has 1 atom stereocenters. The summed E-state index contributed by atoms with van der Waals surface area (Å²) in [5, 5.41) is 16.9. The molecular formula is C24H26N4O4. The molecule has 0 saturated carbocycles. The summed E-state index contributed by atoms with van der Waals surface area (Å²) in [7, 11) is 1.51. The van der Waals surface area contributed by atoms with Crippen LogP contribution < -0.4 is 0 Å². The number of hydrogen-bond acceptors (Lipinski definition) is 7. The fraction of sp³-hybridized carbons (Fsp3) is 0.333. The van der Waals surface area contributed by atoms with Crippen molar-refractivity contribution in [2.45, 2.75) is 31.7 Å². The highest BCUT2D eigenvalue weighted by Gasteiger charge is 2.34. The summed E-state index contributed by atoms with van der Waals surface area (Å²) in [6.45, 7) is 0.404. The van der Waals surface area contributed by atoms with Gasteiger partial charge in [-0.2, -0.15) is 4.98 Å². The van der Waals surface area contributed by atoms with Crippen LogP contribution in [-0.4, -0.2) is 58.1 Å². The standard InChI is InChI=1S/C24H26N4O4/c1-31-26-20-15-21(11-12-23-25-22(13-14-29)27-32-23)28(16-20)24(30)19-9-7-18(8-10-19)17-5-3-2-4-6-17/h2-10,21,29H,11-16H2,1H3/b26-20+. The molecular weight excluding hydrogens is 408 g/mol. The molecule has 4 rings (SSSR count). The Labute approximate surface area is 186 Å². The number of carbonyl (C=O) groups excluding carboxylic acids is 1. The lowest BCUT2D eigenvalue weighted by Gasteiger charge is -2.23. The Morgan fingerprint density at radius 2 is 1.91 bits per heavy atom. The molecule has 0 aliphatic carbocycles. The van der Waals surface area contributed by atoms with E-state index in [1.54, 1.807) is 0 Å². The Morgan fingerprint density at radius 3 is 2.62 bits per heavy atom. The largest absolute Gasteiger partial charge is 0.399 e. The van der Waals surface area contributed by atoms with Crippen LogP contribution in [0.4, 0.5) is 0 Å². The van der Waals surface area contributed by atoms with Crippen molar-refractivity contribution >= 4 is 11.6 Å². The minimum Gasteiger partial charge on any atom is -0.399 e. The molecule has 32 heavy (non-hydrogen) atoms. The van der Waals surface area contributed by atoms with Crippen LogP contribution in [0.1, 0.15) is 34.9 Å². The number of aliphatic hydroxyl groups is 1. The van der Waals surface area contributed by atoms with Crippen molar-refractivity contribution in [3.05, 3.63) is 71.9 Å². The zero-order valence-electron chi connectivity index (χ0n) is 18.0. The fourth-order valence-corrected chi connectivity index (χ4v) is 3.95. The van der Waals surface area contributed by atoms with Crippen LogP contribution in [0.2, 0.25) is 0 Å². The van der Waals surface area contributed by atoms with E-state index >= 15 is 0 Å². The molecule has 1 aliphatic rings. The van der Waals surface area contributed by atoms with E-state index in [2.05, 4.69) is 15.3 Å². The molecule has 2 heterocycles. The van der Waals surface area contributed by atoms with Gasteiger partial charge in [0.05, 0.1) is 18.9 Å². The summed E-state index contributed by atoms with van der Waals surface area (Å²) in [5.74, 6) is 0.953. The number of rotatable bonds is 8. The second-order valence-electron chi connectivity index (χ2n) is 7.69. The van der Waals surface area contributed by atoms with Crippen LogP contribution in [0.25, 0.3) is 11.1 Å². The number of aromatic nitrogens is 2. The second kappa shape index (κ2) is 10.2. The summed E-state index contributed by atoms with van der Waals surface area (Å²) in [5.41, 5.74) is 3.65. The topological polar surface area (TPSA) is 101 Å². The fourth-order valence-electron chi connectivity index (χ4n) is 3.95. The Balaban J connectivity index is 1.47. The Morgan fingerprint density at radius 1 is 1.16 bits per heavy atom. The molecule has 0 bridgehead atoms. The number of likely N-dealkylation sites (tertiary alicyclic amines) is 1. The minimum absolute atomic E-state index is 0.0240. The Kier molecular flexibility index (Phi) is 6.91. The number of benzene rings is 2. The van der Waals surface area contributed by atoms with Crippen LogP contribution in [0.3, 0.4) is 0 Å². The lowest BCUT2D eigenvalue weighted by Crippen LogP contribution is -2.36. The molecule has 1 aliphatic heterocycles. The number of aryl methyl sites for hydroxylation is 1. The normalized spacial score (nSPS) is 17.1. The van der Waals surface area contributed by atoms with Gasteiger partial charge >= 0.3 is 0 Å². The van der Waals surface area contributed by atoms with Gasteiger partial charge in [-0.15, -0.1) is 0 Å². The van der Waals surface area contributed by atoms with Crippen LogP contribution in [0.15, 0.2) is 64.3 Å². The number of carbonyl (C=O) groups is 1. The third-order valence-electron chi connectivity index (χ3n) is 5.52. The van der Waals surface area contributed by atoms with Crippen LogP contribution in [-0.2, 0) is 17.7 Å². The van der Waals surface area contributed by atoms with Gasteiger partial charge in [-0.05, 0) is 29.7 Å². The number of amides is 1. The van der Waals surface area contributed by atoms with Gasteiger partial charge in [0.2, 0.25) is 5.89 Å². The zero-order valence-corrected chi connectivity index (χ0v) is 18.0. The van der Waals surface area contributed by atoms with Crippen LogP contribution in [0, 0.1) is 0 Å². The van der Waals surface area contributed by atoms with Gasteiger partial charge in [0.15, 0.2) is 5.82 Å². The summed E-state index contributed by atoms with van der Waals surface area (Å²) < 4.78 is 5.26. The highest BCUT2D eigenvalue weighted by atomic mass is 16.6. The van der Waals surface area contributed by atoms with Gasteiger partial charge in [-0.3, -0.25) is 4.79 Å². The Hall–Kier alpha value is -3.52. The van der Waals surface area contributed by atoms with Crippen molar-refractivity contribution in [1.82, 2.24) is 15.0 Å². The van der Waals surface area contributed by atoms with E-state index in [0.29, 0.717) is 49.5 Å². The number of hydrogen-bond donors (Lipinski definition) is 1. The molecule has 1 fully saturated rings. The van der Waals surface area contributed by atoms with Crippen LogP contribution >= 0.6 is 0 Å². The average molecular weight is 434 g/mol. The highest BCUT2D eigenvalue weighted by Crippen LogP contribution is 2.25. The van der Waals surface area contributed by atoms with E-state index in [1.165, 1.54) is 7.11 Å². The predicted octanol–water partition coefficient (Wildman–Crippen LogP) is 3.12. The summed E-state index contributed by atoms with van der Waals surface area (Å²) in [6, 6.07) is 17.7. The van der Waals surface area contributed by atoms with Crippen LogP contribution in [0.5, 0.6) is 0 Å². The number of nitrogens with zero attached hydrogens (tertiary/aromatic N) is 4. The maximum absolute atomic E-state index is 13.3. The van der Waals surface area contributed by atoms with E-state index < -0.39 is 0 Å². The summed E-state index contributed by atoms with van der Waals surface area (Å²) in [4.78, 5) is 24.4.